The van der Waals surface area contributed by atoms with Crippen LogP contribution in [0.2, 0.25) is 10.0 Å². The van der Waals surface area contributed by atoms with Crippen LogP contribution in [0.3, 0.4) is 0 Å². The Kier molecular flexibility index (Phi) is 6.71. The van der Waals surface area contributed by atoms with Gasteiger partial charge >= 0.3 is 6.09 Å². The van der Waals surface area contributed by atoms with Crippen LogP contribution in [0.25, 0.3) is 0 Å². The van der Waals surface area contributed by atoms with E-state index in [0.29, 0.717) is 10.0 Å². The average molecular weight is 361 g/mol. The maximum Gasteiger partial charge on any atom is 0.408 e. The second-order valence-corrected chi connectivity index (χ2v) is 7.09. The Balaban J connectivity index is 2.60. The number of benzene rings is 1. The first kappa shape index (κ1) is 19.6. The predicted molar refractivity (Wildman–Crippen MR) is 91.9 cm³/mol. The fraction of sp³-hybridized carbons (Fsp3) is 0.500. The molecule has 0 saturated carbocycles. The molecular weight excluding hydrogens is 339 g/mol. The van der Waals surface area contributed by atoms with Crippen LogP contribution in [0.5, 0.6) is 0 Å². The number of halogens is 2. The Morgan fingerprint density at radius 1 is 1.09 bits per heavy atom. The van der Waals surface area contributed by atoms with Gasteiger partial charge in [0, 0.05) is 0 Å². The highest BCUT2D eigenvalue weighted by Gasteiger charge is 2.22. The van der Waals surface area contributed by atoms with Crippen molar-refractivity contribution in [1.29, 1.82) is 0 Å². The lowest BCUT2D eigenvalue weighted by atomic mass is 10.1. The molecule has 2 N–H and O–H groups in total. The SMILES string of the molecule is CC(NC(=O)OC(C)(C)C)C(=O)NC(C)c1ccc(Cl)c(Cl)c1. The van der Waals surface area contributed by atoms with E-state index in [-0.39, 0.29) is 11.9 Å². The fourth-order valence-corrected chi connectivity index (χ4v) is 2.06. The van der Waals surface area contributed by atoms with E-state index >= 15 is 0 Å². The van der Waals surface area contributed by atoms with Crippen molar-refractivity contribution < 1.29 is 14.3 Å². The normalized spacial score (nSPS) is 13.9. The van der Waals surface area contributed by atoms with E-state index in [1.165, 1.54) is 0 Å². The lowest BCUT2D eigenvalue weighted by Crippen LogP contribution is -2.47. The van der Waals surface area contributed by atoms with Crippen molar-refractivity contribution in [3.8, 4) is 0 Å². The molecular formula is C16H22Cl2N2O3. The van der Waals surface area contributed by atoms with Crippen LogP contribution in [0, 0.1) is 0 Å². The molecule has 128 valence electrons. The highest BCUT2D eigenvalue weighted by molar-refractivity contribution is 6.42. The van der Waals surface area contributed by atoms with Gasteiger partial charge in [0.05, 0.1) is 16.1 Å². The molecule has 1 rings (SSSR count). The summed E-state index contributed by atoms with van der Waals surface area (Å²) in [5.41, 5.74) is 0.199. The molecule has 2 atom stereocenters. The topological polar surface area (TPSA) is 67.4 Å². The van der Waals surface area contributed by atoms with Gasteiger partial charge in [0.25, 0.3) is 0 Å². The molecule has 0 aromatic heterocycles. The summed E-state index contributed by atoms with van der Waals surface area (Å²) < 4.78 is 5.11. The van der Waals surface area contributed by atoms with E-state index in [9.17, 15) is 9.59 Å². The van der Waals surface area contributed by atoms with Gasteiger partial charge in [-0.3, -0.25) is 4.79 Å². The van der Waals surface area contributed by atoms with Gasteiger partial charge in [0.2, 0.25) is 5.91 Å². The fourth-order valence-electron chi connectivity index (χ4n) is 1.75. The van der Waals surface area contributed by atoms with Gasteiger partial charge < -0.3 is 15.4 Å². The third kappa shape index (κ3) is 6.67. The Bertz CT molecular complexity index is 585. The molecule has 5 nitrogen and oxygen atoms in total. The van der Waals surface area contributed by atoms with Crippen molar-refractivity contribution in [3.05, 3.63) is 33.8 Å². The van der Waals surface area contributed by atoms with Gasteiger partial charge in [0.15, 0.2) is 0 Å². The third-order valence-electron chi connectivity index (χ3n) is 2.93. The van der Waals surface area contributed by atoms with E-state index in [1.807, 2.05) is 6.92 Å². The lowest BCUT2D eigenvalue weighted by molar-refractivity contribution is -0.123. The zero-order valence-corrected chi connectivity index (χ0v) is 15.4. The monoisotopic (exact) mass is 360 g/mol. The van der Waals surface area contributed by atoms with Gasteiger partial charge in [-0.15, -0.1) is 0 Å². The second kappa shape index (κ2) is 7.88. The molecule has 0 bridgehead atoms. The van der Waals surface area contributed by atoms with Gasteiger partial charge in [0.1, 0.15) is 11.6 Å². The Morgan fingerprint density at radius 3 is 2.22 bits per heavy atom. The summed E-state index contributed by atoms with van der Waals surface area (Å²) in [6, 6.07) is 4.14. The first-order valence-electron chi connectivity index (χ1n) is 7.24. The van der Waals surface area contributed by atoms with Crippen molar-refractivity contribution >= 4 is 35.2 Å². The Morgan fingerprint density at radius 2 is 1.70 bits per heavy atom. The number of amides is 2. The van der Waals surface area contributed by atoms with E-state index in [0.717, 1.165) is 5.56 Å². The maximum atomic E-state index is 12.1. The molecule has 0 saturated heterocycles. The van der Waals surface area contributed by atoms with Crippen LogP contribution < -0.4 is 10.6 Å². The number of hydrogen-bond acceptors (Lipinski definition) is 3. The zero-order valence-electron chi connectivity index (χ0n) is 13.9. The first-order valence-corrected chi connectivity index (χ1v) is 8.00. The number of carbonyl (C=O) groups excluding carboxylic acids is 2. The first-order chi connectivity index (χ1) is 10.5. The van der Waals surface area contributed by atoms with E-state index in [1.54, 1.807) is 45.9 Å². The molecule has 0 heterocycles. The van der Waals surface area contributed by atoms with Crippen LogP contribution in [0.4, 0.5) is 4.79 Å². The van der Waals surface area contributed by atoms with Gasteiger partial charge in [-0.2, -0.15) is 0 Å². The molecule has 2 unspecified atom stereocenters. The molecule has 0 aliphatic carbocycles. The number of nitrogens with one attached hydrogen (secondary N) is 2. The number of rotatable bonds is 4. The highest BCUT2D eigenvalue weighted by Crippen LogP contribution is 2.25. The van der Waals surface area contributed by atoms with Crippen molar-refractivity contribution in [2.75, 3.05) is 0 Å². The summed E-state index contributed by atoms with van der Waals surface area (Å²) in [5, 5.41) is 6.17. The summed E-state index contributed by atoms with van der Waals surface area (Å²) in [6.45, 7) is 8.66. The summed E-state index contributed by atoms with van der Waals surface area (Å²) in [5.74, 6) is -0.325. The van der Waals surface area contributed by atoms with Crippen LogP contribution in [0.1, 0.15) is 46.2 Å². The average Bonchev–Trinajstić information content (AvgIpc) is 2.39. The molecule has 23 heavy (non-hydrogen) atoms. The number of alkyl carbamates (subject to hydrolysis) is 1. The second-order valence-electron chi connectivity index (χ2n) is 6.27. The standard InChI is InChI=1S/C16H22Cl2N2O3/c1-9(11-6-7-12(17)13(18)8-11)19-14(21)10(2)20-15(22)23-16(3,4)5/h6-10H,1-5H3,(H,19,21)(H,20,22). The molecule has 1 aromatic rings. The van der Waals surface area contributed by atoms with Crippen LogP contribution >= 0.6 is 23.2 Å². The van der Waals surface area contributed by atoms with E-state index in [4.69, 9.17) is 27.9 Å². The summed E-state index contributed by atoms with van der Waals surface area (Å²) in [7, 11) is 0. The Labute approximate surface area is 146 Å². The summed E-state index contributed by atoms with van der Waals surface area (Å²) in [6.07, 6.45) is -0.637. The molecule has 0 aliphatic rings. The third-order valence-corrected chi connectivity index (χ3v) is 3.67. The van der Waals surface area contributed by atoms with Crippen LogP contribution in [-0.4, -0.2) is 23.6 Å². The van der Waals surface area contributed by atoms with E-state index < -0.39 is 17.7 Å². The quantitative estimate of drug-likeness (QED) is 0.849. The van der Waals surface area contributed by atoms with E-state index in [2.05, 4.69) is 10.6 Å². The predicted octanol–water partition coefficient (Wildman–Crippen LogP) is 4.08. The minimum Gasteiger partial charge on any atom is -0.444 e. The lowest BCUT2D eigenvalue weighted by Gasteiger charge is -2.23. The number of carbonyl (C=O) groups is 2. The largest absolute Gasteiger partial charge is 0.444 e. The van der Waals surface area contributed by atoms with Crippen molar-refractivity contribution in [2.45, 2.75) is 52.3 Å². The van der Waals surface area contributed by atoms with Crippen LogP contribution in [0.15, 0.2) is 18.2 Å². The van der Waals surface area contributed by atoms with Gasteiger partial charge in [-0.05, 0) is 52.3 Å². The molecule has 2 amide bonds. The number of hydrogen-bond donors (Lipinski definition) is 2. The summed E-state index contributed by atoms with van der Waals surface area (Å²) in [4.78, 5) is 23.8. The van der Waals surface area contributed by atoms with Crippen LogP contribution in [-0.2, 0) is 9.53 Å². The number of ether oxygens (including phenoxy) is 1. The molecule has 7 heteroatoms. The molecule has 1 aromatic carbocycles. The van der Waals surface area contributed by atoms with Gasteiger partial charge in [-0.1, -0.05) is 29.3 Å². The smallest absolute Gasteiger partial charge is 0.408 e. The molecule has 0 fully saturated rings. The Hall–Kier alpha value is -1.46. The maximum absolute atomic E-state index is 12.1. The minimum absolute atomic E-state index is 0.278. The zero-order chi connectivity index (χ0) is 17.8. The van der Waals surface area contributed by atoms with Crippen molar-refractivity contribution in [2.24, 2.45) is 0 Å². The van der Waals surface area contributed by atoms with Crippen molar-refractivity contribution in [3.63, 3.8) is 0 Å². The molecule has 0 spiro atoms. The highest BCUT2D eigenvalue weighted by atomic mass is 35.5. The van der Waals surface area contributed by atoms with Crippen molar-refractivity contribution in [1.82, 2.24) is 10.6 Å². The minimum atomic E-state index is -0.727. The molecule has 0 aliphatic heterocycles. The van der Waals surface area contributed by atoms with Gasteiger partial charge in [-0.25, -0.2) is 4.79 Å². The molecule has 0 radical (unpaired) electrons. The summed E-state index contributed by atoms with van der Waals surface area (Å²) >= 11 is 11.8.